The summed E-state index contributed by atoms with van der Waals surface area (Å²) in [6, 6.07) is 7.86. The first kappa shape index (κ1) is 16.6. The Morgan fingerprint density at radius 3 is 2.67 bits per heavy atom. The van der Waals surface area contributed by atoms with E-state index in [-0.39, 0.29) is 11.9 Å². The lowest BCUT2D eigenvalue weighted by molar-refractivity contribution is 0.0671. The third-order valence-electron chi connectivity index (χ3n) is 4.45. The van der Waals surface area contributed by atoms with Gasteiger partial charge in [0.1, 0.15) is 11.6 Å². The maximum atomic E-state index is 12.8. The Morgan fingerprint density at radius 2 is 2.04 bits per heavy atom. The minimum atomic E-state index is 0.0816. The molecular weight excluding hydrogens is 304 g/mol. The molecular formula is C18H24N4O2. The summed E-state index contributed by atoms with van der Waals surface area (Å²) in [4.78, 5) is 19.1. The molecule has 1 aliphatic heterocycles. The van der Waals surface area contributed by atoms with Gasteiger partial charge in [0.2, 0.25) is 0 Å². The van der Waals surface area contributed by atoms with Gasteiger partial charge in [-0.3, -0.25) is 4.79 Å². The second kappa shape index (κ2) is 7.13. The van der Waals surface area contributed by atoms with E-state index in [1.165, 1.54) is 0 Å². The van der Waals surface area contributed by atoms with Gasteiger partial charge in [0.25, 0.3) is 5.91 Å². The van der Waals surface area contributed by atoms with Gasteiger partial charge in [-0.05, 0) is 44.4 Å². The van der Waals surface area contributed by atoms with E-state index in [4.69, 9.17) is 4.74 Å². The number of methoxy groups -OCH3 is 1. The first-order valence-corrected chi connectivity index (χ1v) is 8.35. The lowest BCUT2D eigenvalue weighted by atomic mass is 10.0. The number of hydrogen-bond donors (Lipinski definition) is 0. The van der Waals surface area contributed by atoms with Crippen molar-refractivity contribution in [3.63, 3.8) is 0 Å². The Hall–Kier alpha value is -2.21. The first-order chi connectivity index (χ1) is 11.6. The lowest BCUT2D eigenvalue weighted by Gasteiger charge is -2.33. The van der Waals surface area contributed by atoms with Crippen LogP contribution in [0.4, 0.5) is 0 Å². The number of aromatic nitrogens is 3. The molecule has 0 saturated carbocycles. The van der Waals surface area contributed by atoms with Crippen molar-refractivity contribution in [2.75, 3.05) is 20.2 Å². The predicted molar refractivity (Wildman–Crippen MR) is 90.8 cm³/mol. The molecule has 1 atom stereocenters. The van der Waals surface area contributed by atoms with Crippen LogP contribution in [0.15, 0.2) is 24.3 Å². The molecule has 0 aliphatic carbocycles. The third-order valence-corrected chi connectivity index (χ3v) is 4.45. The van der Waals surface area contributed by atoms with Crippen molar-refractivity contribution in [1.29, 1.82) is 0 Å². The number of amides is 1. The van der Waals surface area contributed by atoms with Gasteiger partial charge >= 0.3 is 0 Å². The van der Waals surface area contributed by atoms with Crippen LogP contribution in [-0.4, -0.2) is 45.8 Å². The maximum absolute atomic E-state index is 12.8. The van der Waals surface area contributed by atoms with Crippen molar-refractivity contribution >= 4 is 5.91 Å². The average Bonchev–Trinajstić information content (AvgIpc) is 2.94. The van der Waals surface area contributed by atoms with Gasteiger partial charge in [0, 0.05) is 25.8 Å². The Balaban J connectivity index is 1.72. The van der Waals surface area contributed by atoms with Gasteiger partial charge in [-0.1, -0.05) is 12.1 Å². The molecule has 0 N–H and O–H groups in total. The van der Waals surface area contributed by atoms with E-state index >= 15 is 0 Å². The highest BCUT2D eigenvalue weighted by molar-refractivity contribution is 5.94. The fraction of sp³-hybridized carbons (Fsp3) is 0.500. The van der Waals surface area contributed by atoms with E-state index in [9.17, 15) is 4.79 Å². The number of carbonyl (C=O) groups excluding carboxylic acids is 1. The van der Waals surface area contributed by atoms with Crippen molar-refractivity contribution in [2.45, 2.75) is 39.3 Å². The quantitative estimate of drug-likeness (QED) is 0.865. The number of carbonyl (C=O) groups is 1. The van der Waals surface area contributed by atoms with Crippen LogP contribution >= 0.6 is 0 Å². The van der Waals surface area contributed by atoms with Gasteiger partial charge in [-0.25, -0.2) is 9.67 Å². The number of nitrogens with zero attached hydrogens (tertiary/aromatic N) is 4. The summed E-state index contributed by atoms with van der Waals surface area (Å²) in [7, 11) is 1.67. The van der Waals surface area contributed by atoms with Gasteiger partial charge in [0.05, 0.1) is 12.6 Å². The smallest absolute Gasteiger partial charge is 0.253 e. The molecule has 0 radical (unpaired) electrons. The summed E-state index contributed by atoms with van der Waals surface area (Å²) in [5, 5.41) is 4.49. The van der Waals surface area contributed by atoms with Crippen LogP contribution in [0.5, 0.6) is 0 Å². The van der Waals surface area contributed by atoms with Crippen LogP contribution in [0.25, 0.3) is 0 Å². The fourth-order valence-corrected chi connectivity index (χ4v) is 3.31. The maximum Gasteiger partial charge on any atom is 0.253 e. The Morgan fingerprint density at radius 1 is 1.29 bits per heavy atom. The molecule has 0 spiro atoms. The van der Waals surface area contributed by atoms with Crippen molar-refractivity contribution < 1.29 is 9.53 Å². The highest BCUT2D eigenvalue weighted by Gasteiger charge is 2.27. The molecule has 1 fully saturated rings. The molecule has 1 aromatic heterocycles. The molecule has 1 amide bonds. The van der Waals surface area contributed by atoms with Crippen LogP contribution in [0.2, 0.25) is 0 Å². The summed E-state index contributed by atoms with van der Waals surface area (Å²) < 4.78 is 7.08. The lowest BCUT2D eigenvalue weighted by Crippen LogP contribution is -2.41. The van der Waals surface area contributed by atoms with E-state index in [1.807, 2.05) is 47.7 Å². The van der Waals surface area contributed by atoms with Gasteiger partial charge in [-0.2, -0.15) is 5.10 Å². The average molecular weight is 328 g/mol. The van der Waals surface area contributed by atoms with Crippen LogP contribution in [-0.2, 0) is 11.3 Å². The second-order valence-electron chi connectivity index (χ2n) is 6.33. The van der Waals surface area contributed by atoms with Crippen LogP contribution < -0.4 is 0 Å². The fourth-order valence-electron chi connectivity index (χ4n) is 3.31. The molecule has 2 heterocycles. The Labute approximate surface area is 142 Å². The highest BCUT2D eigenvalue weighted by atomic mass is 16.5. The van der Waals surface area contributed by atoms with Crippen LogP contribution in [0.3, 0.4) is 0 Å². The summed E-state index contributed by atoms with van der Waals surface area (Å²) in [5.41, 5.74) is 1.79. The van der Waals surface area contributed by atoms with E-state index in [0.717, 1.165) is 42.2 Å². The van der Waals surface area contributed by atoms with Gasteiger partial charge in [-0.15, -0.1) is 0 Å². The molecule has 24 heavy (non-hydrogen) atoms. The van der Waals surface area contributed by atoms with Crippen molar-refractivity contribution in [3.8, 4) is 0 Å². The Bertz CT molecular complexity index is 708. The van der Waals surface area contributed by atoms with Crippen LogP contribution in [0, 0.1) is 13.8 Å². The van der Waals surface area contributed by atoms with E-state index in [1.54, 1.807) is 7.11 Å². The van der Waals surface area contributed by atoms with Crippen molar-refractivity contribution in [2.24, 2.45) is 0 Å². The van der Waals surface area contributed by atoms with Gasteiger partial charge < -0.3 is 9.64 Å². The minimum absolute atomic E-state index is 0.0816. The van der Waals surface area contributed by atoms with Gasteiger partial charge in [0.15, 0.2) is 0 Å². The molecule has 3 rings (SSSR count). The zero-order valence-electron chi connectivity index (χ0n) is 14.5. The standard InChI is InChI=1S/C18H24N4O2/c1-13-19-14(2)22(20-13)17-5-4-10-21(11-17)18(23)16-8-6-15(7-9-16)12-24-3/h6-9,17H,4-5,10-12H2,1-3H3. The zero-order valence-corrected chi connectivity index (χ0v) is 14.5. The van der Waals surface area contributed by atoms with E-state index in [2.05, 4.69) is 10.1 Å². The number of benzene rings is 1. The summed E-state index contributed by atoms with van der Waals surface area (Å²) in [6.45, 7) is 5.90. The molecule has 1 aliphatic rings. The summed E-state index contributed by atoms with van der Waals surface area (Å²) in [5.74, 6) is 1.78. The number of hydrogen-bond acceptors (Lipinski definition) is 4. The number of likely N-dealkylation sites (tertiary alicyclic amines) is 1. The molecule has 1 unspecified atom stereocenters. The molecule has 2 aromatic rings. The topological polar surface area (TPSA) is 60.2 Å². The Kier molecular flexibility index (Phi) is 4.94. The second-order valence-corrected chi connectivity index (χ2v) is 6.33. The van der Waals surface area contributed by atoms with E-state index < -0.39 is 0 Å². The highest BCUT2D eigenvalue weighted by Crippen LogP contribution is 2.23. The summed E-state index contributed by atoms with van der Waals surface area (Å²) in [6.07, 6.45) is 2.01. The molecule has 0 bridgehead atoms. The number of rotatable bonds is 4. The van der Waals surface area contributed by atoms with Crippen LogP contribution in [0.1, 0.15) is 46.5 Å². The normalized spacial score (nSPS) is 18.0. The molecule has 1 aromatic carbocycles. The predicted octanol–water partition coefficient (Wildman–Crippen LogP) is 2.52. The molecule has 6 nitrogen and oxygen atoms in total. The third kappa shape index (κ3) is 3.48. The number of aryl methyl sites for hydroxylation is 2. The number of ether oxygens (including phenoxy) is 1. The largest absolute Gasteiger partial charge is 0.380 e. The monoisotopic (exact) mass is 328 g/mol. The molecule has 1 saturated heterocycles. The molecule has 128 valence electrons. The van der Waals surface area contributed by atoms with Crippen molar-refractivity contribution in [3.05, 3.63) is 47.0 Å². The SMILES string of the molecule is COCc1ccc(C(=O)N2CCCC(n3nc(C)nc3C)C2)cc1. The zero-order chi connectivity index (χ0) is 17.1. The number of piperidine rings is 1. The van der Waals surface area contributed by atoms with Crippen molar-refractivity contribution in [1.82, 2.24) is 19.7 Å². The first-order valence-electron chi connectivity index (χ1n) is 8.35. The summed E-state index contributed by atoms with van der Waals surface area (Å²) >= 11 is 0. The van der Waals surface area contributed by atoms with E-state index in [0.29, 0.717) is 13.2 Å². The molecule has 6 heteroatoms. The minimum Gasteiger partial charge on any atom is -0.380 e.